The number of fused-ring (bicyclic) bond motifs is 1. The van der Waals surface area contributed by atoms with Crippen LogP contribution in [0.1, 0.15) is 44.6 Å². The molecule has 3 rings (SSSR count). The van der Waals surface area contributed by atoms with E-state index >= 15 is 0 Å². The maximum atomic E-state index is 6.45. The number of benzene rings is 2. The van der Waals surface area contributed by atoms with Crippen molar-refractivity contribution in [2.24, 2.45) is 0 Å². The maximum Gasteiger partial charge on any atom is 0.255 e. The van der Waals surface area contributed by atoms with Crippen LogP contribution in [0.25, 0.3) is 10.8 Å². The molecule has 2 aromatic carbocycles. The zero-order valence-corrected chi connectivity index (χ0v) is 16.9. The van der Waals surface area contributed by atoms with Gasteiger partial charge in [-0.2, -0.15) is 0 Å². The summed E-state index contributed by atoms with van der Waals surface area (Å²) >= 11 is 12.9. The van der Waals surface area contributed by atoms with Crippen molar-refractivity contribution in [3.8, 4) is 0 Å². The molecule has 0 saturated heterocycles. The van der Waals surface area contributed by atoms with Gasteiger partial charge in [0.05, 0.1) is 13.1 Å². The van der Waals surface area contributed by atoms with Crippen molar-refractivity contribution in [1.82, 2.24) is 4.57 Å². The molecule has 0 atom stereocenters. The fourth-order valence-corrected chi connectivity index (χ4v) is 3.82. The molecule has 2 nitrogen and oxygen atoms in total. The van der Waals surface area contributed by atoms with E-state index in [1.54, 1.807) is 0 Å². The first-order chi connectivity index (χ1) is 12.7. The van der Waals surface area contributed by atoms with E-state index in [0.29, 0.717) is 10.3 Å². The Morgan fingerprint density at radius 2 is 1.69 bits per heavy atom. The van der Waals surface area contributed by atoms with Crippen LogP contribution in [0.15, 0.2) is 48.8 Å². The highest BCUT2D eigenvalue weighted by Crippen LogP contribution is 2.21. The molecule has 4 heteroatoms. The largest absolute Gasteiger partial charge is 0.255 e. The highest BCUT2D eigenvalue weighted by Gasteiger charge is 2.19. The minimum atomic E-state index is 0.640. The molecule has 1 aromatic heterocycles. The second kappa shape index (κ2) is 9.43. The molecule has 0 amide bonds. The third-order valence-corrected chi connectivity index (χ3v) is 5.80. The topological polar surface area (TPSA) is 8.81 Å². The van der Waals surface area contributed by atoms with Crippen LogP contribution in [0.5, 0.6) is 0 Å². The van der Waals surface area contributed by atoms with E-state index in [4.69, 9.17) is 23.2 Å². The first kappa shape index (κ1) is 19.3. The van der Waals surface area contributed by atoms with Gasteiger partial charge in [0.25, 0.3) is 10.3 Å². The third-order valence-electron chi connectivity index (χ3n) is 4.91. The Balaban J connectivity index is 1.61. The van der Waals surface area contributed by atoms with Crippen LogP contribution in [0.2, 0.25) is 10.3 Å². The average Bonchev–Trinajstić information content (AvgIpc) is 2.94. The van der Waals surface area contributed by atoms with Crippen LogP contribution in [-0.4, -0.2) is 4.57 Å². The van der Waals surface area contributed by atoms with E-state index in [1.807, 2.05) is 0 Å². The summed E-state index contributed by atoms with van der Waals surface area (Å²) in [6, 6.07) is 15.1. The summed E-state index contributed by atoms with van der Waals surface area (Å²) in [5.41, 5.74) is 1.32. The molecule has 0 fully saturated rings. The minimum absolute atomic E-state index is 0.640. The summed E-state index contributed by atoms with van der Waals surface area (Å²) in [5.74, 6) is 0. The van der Waals surface area contributed by atoms with Crippen LogP contribution in [0, 0.1) is 0 Å². The average molecular weight is 390 g/mol. The highest BCUT2D eigenvalue weighted by molar-refractivity contribution is 6.39. The molecule has 0 saturated carbocycles. The number of unbranched alkanes of at least 4 members (excludes halogenated alkanes) is 4. The molecule has 0 N–H and O–H groups in total. The summed E-state index contributed by atoms with van der Waals surface area (Å²) in [6.07, 6.45) is 9.27. The minimum Gasteiger partial charge on any atom is -0.219 e. The van der Waals surface area contributed by atoms with Crippen molar-refractivity contribution in [3.63, 3.8) is 0 Å². The Morgan fingerprint density at radius 3 is 2.50 bits per heavy atom. The van der Waals surface area contributed by atoms with Crippen molar-refractivity contribution in [3.05, 3.63) is 64.7 Å². The van der Waals surface area contributed by atoms with E-state index in [2.05, 4.69) is 64.8 Å². The van der Waals surface area contributed by atoms with Crippen LogP contribution < -0.4 is 4.57 Å². The quantitative estimate of drug-likeness (QED) is 0.293. The summed E-state index contributed by atoms with van der Waals surface area (Å²) in [5, 5.41) is 3.85. The van der Waals surface area contributed by atoms with Gasteiger partial charge in [0, 0.05) is 6.42 Å². The monoisotopic (exact) mass is 389 g/mol. The van der Waals surface area contributed by atoms with Crippen LogP contribution in [-0.2, 0) is 19.5 Å². The summed E-state index contributed by atoms with van der Waals surface area (Å²) < 4.78 is 4.14. The van der Waals surface area contributed by atoms with E-state index in [1.165, 1.54) is 42.0 Å². The molecule has 0 aliphatic heterocycles. The normalized spacial score (nSPS) is 11.3. The van der Waals surface area contributed by atoms with Crippen molar-refractivity contribution in [2.75, 3.05) is 0 Å². The van der Waals surface area contributed by atoms with Crippen molar-refractivity contribution >= 4 is 34.0 Å². The number of imidazole rings is 1. The maximum absolute atomic E-state index is 6.45. The predicted octanol–water partition coefficient (Wildman–Crippen LogP) is 6.45. The van der Waals surface area contributed by atoms with Crippen LogP contribution in [0.4, 0.5) is 0 Å². The second-order valence-electron chi connectivity index (χ2n) is 6.93. The lowest BCUT2D eigenvalue weighted by Gasteiger charge is -2.03. The van der Waals surface area contributed by atoms with Gasteiger partial charge in [-0.05, 0) is 52.4 Å². The number of hydrogen-bond donors (Lipinski definition) is 0. The van der Waals surface area contributed by atoms with Crippen molar-refractivity contribution in [2.45, 2.75) is 58.5 Å². The predicted molar refractivity (Wildman–Crippen MR) is 111 cm³/mol. The van der Waals surface area contributed by atoms with E-state index in [-0.39, 0.29) is 0 Å². The first-order valence-corrected chi connectivity index (χ1v) is 10.4. The Morgan fingerprint density at radius 1 is 0.923 bits per heavy atom. The molecule has 0 aliphatic carbocycles. The zero-order valence-electron chi connectivity index (χ0n) is 15.4. The van der Waals surface area contributed by atoms with E-state index < -0.39 is 0 Å². The molecule has 0 unspecified atom stereocenters. The molecule has 0 spiro atoms. The lowest BCUT2D eigenvalue weighted by molar-refractivity contribution is -0.694. The smallest absolute Gasteiger partial charge is 0.219 e. The second-order valence-corrected chi connectivity index (χ2v) is 7.65. The van der Waals surface area contributed by atoms with Crippen molar-refractivity contribution in [1.29, 1.82) is 0 Å². The third kappa shape index (κ3) is 4.81. The lowest BCUT2D eigenvalue weighted by atomic mass is 10.1. The zero-order chi connectivity index (χ0) is 18.4. The number of nitrogens with zero attached hydrogens (tertiary/aromatic N) is 2. The summed E-state index contributed by atoms with van der Waals surface area (Å²) in [4.78, 5) is 0. The molecular weight excluding hydrogens is 363 g/mol. The molecule has 26 heavy (non-hydrogen) atoms. The van der Waals surface area contributed by atoms with Gasteiger partial charge in [0.1, 0.15) is 0 Å². The Hall–Kier alpha value is -1.51. The van der Waals surface area contributed by atoms with Crippen LogP contribution >= 0.6 is 23.2 Å². The van der Waals surface area contributed by atoms with Gasteiger partial charge in [-0.1, -0.05) is 68.7 Å². The molecule has 0 radical (unpaired) electrons. The van der Waals surface area contributed by atoms with Gasteiger partial charge in [-0.3, -0.25) is 0 Å². The van der Waals surface area contributed by atoms with Gasteiger partial charge in [-0.15, -0.1) is 0 Å². The number of rotatable bonds is 9. The Bertz CT molecular complexity index is 854. The van der Waals surface area contributed by atoms with Crippen molar-refractivity contribution < 1.29 is 4.57 Å². The molecule has 138 valence electrons. The van der Waals surface area contributed by atoms with Gasteiger partial charge in [0.15, 0.2) is 0 Å². The van der Waals surface area contributed by atoms with E-state index in [0.717, 1.165) is 25.9 Å². The Labute approximate surface area is 166 Å². The fraction of sp³-hybridized carbons (Fsp3) is 0.409. The molecule has 1 heterocycles. The fourth-order valence-electron chi connectivity index (χ4n) is 3.35. The highest BCUT2D eigenvalue weighted by atomic mass is 35.5. The van der Waals surface area contributed by atoms with E-state index in [9.17, 15) is 0 Å². The number of halogens is 2. The van der Waals surface area contributed by atoms with Gasteiger partial charge < -0.3 is 0 Å². The number of hydrogen-bond acceptors (Lipinski definition) is 0. The SMILES string of the molecule is CCCCCCC[n+]1cn(CCc2ccc3ccccc3c2)c(Cl)c1Cl. The molecule has 0 bridgehead atoms. The molecular formula is C22H27Cl2N2+. The summed E-state index contributed by atoms with van der Waals surface area (Å²) in [7, 11) is 0. The Kier molecular flexibility index (Phi) is 6.99. The number of aryl methyl sites for hydroxylation is 3. The molecule has 0 aliphatic rings. The first-order valence-electron chi connectivity index (χ1n) is 9.60. The molecule has 3 aromatic rings. The standard InChI is InChI=1S/C22H27Cl2N2/c1-2-3-4-5-8-14-25-17-26(22(24)21(25)23)15-13-18-11-12-19-9-6-7-10-20(19)16-18/h6-7,9-12,16-17H,2-5,8,13-15H2,1H3/q+1. The number of aromatic nitrogens is 2. The van der Waals surface area contributed by atoms with Crippen LogP contribution in [0.3, 0.4) is 0 Å². The van der Waals surface area contributed by atoms with Gasteiger partial charge in [-0.25, -0.2) is 9.13 Å². The lowest BCUT2D eigenvalue weighted by Crippen LogP contribution is -2.32. The van der Waals surface area contributed by atoms with Gasteiger partial charge in [0.2, 0.25) is 6.33 Å². The van der Waals surface area contributed by atoms with Gasteiger partial charge >= 0.3 is 0 Å². The summed E-state index contributed by atoms with van der Waals surface area (Å²) in [6.45, 7) is 4.01.